The van der Waals surface area contributed by atoms with E-state index in [-0.39, 0.29) is 28.5 Å². The van der Waals surface area contributed by atoms with E-state index >= 15 is 0 Å². The zero-order chi connectivity index (χ0) is 19.9. The van der Waals surface area contributed by atoms with Gasteiger partial charge in [-0.05, 0) is 36.2 Å². The first kappa shape index (κ1) is 18.8. The fraction of sp³-hybridized carbons (Fsp3) is 0.263. The highest BCUT2D eigenvalue weighted by atomic mass is 35.5. The summed E-state index contributed by atoms with van der Waals surface area (Å²) in [4.78, 5) is 23.7. The van der Waals surface area contributed by atoms with Crippen LogP contribution in [0.2, 0.25) is 5.02 Å². The molecule has 2 aliphatic rings. The zero-order valence-corrected chi connectivity index (χ0v) is 16.2. The summed E-state index contributed by atoms with van der Waals surface area (Å²) in [5, 5.41) is 0.00112. The third-order valence-electron chi connectivity index (χ3n) is 4.72. The van der Waals surface area contributed by atoms with Crippen LogP contribution in [0.4, 0.5) is 5.69 Å². The van der Waals surface area contributed by atoms with Crippen LogP contribution in [0.1, 0.15) is 22.3 Å². The zero-order valence-electron chi connectivity index (χ0n) is 14.6. The van der Waals surface area contributed by atoms with Crippen molar-refractivity contribution in [3.63, 3.8) is 0 Å². The van der Waals surface area contributed by atoms with Gasteiger partial charge in [-0.25, -0.2) is 18.0 Å². The third-order valence-corrected chi connectivity index (χ3v) is 7.01. The van der Waals surface area contributed by atoms with Crippen molar-refractivity contribution in [1.29, 1.82) is 0 Å². The summed E-state index contributed by atoms with van der Waals surface area (Å²) in [6.07, 6.45) is -0.111. The average molecular weight is 422 g/mol. The van der Waals surface area contributed by atoms with E-state index in [0.717, 1.165) is 5.56 Å². The van der Waals surface area contributed by atoms with Crippen LogP contribution in [0.3, 0.4) is 0 Å². The van der Waals surface area contributed by atoms with Gasteiger partial charge in [-0.3, -0.25) is 4.31 Å². The van der Waals surface area contributed by atoms with Crippen molar-refractivity contribution in [2.75, 3.05) is 17.5 Å². The van der Waals surface area contributed by atoms with Crippen molar-refractivity contribution in [2.24, 2.45) is 0 Å². The molecule has 1 atom stereocenters. The third kappa shape index (κ3) is 3.22. The van der Waals surface area contributed by atoms with Crippen LogP contribution in [-0.2, 0) is 30.7 Å². The highest BCUT2D eigenvalue weighted by Crippen LogP contribution is 2.35. The number of anilines is 1. The number of ether oxygens (including phenoxy) is 2. The van der Waals surface area contributed by atoms with Gasteiger partial charge in [-0.1, -0.05) is 29.8 Å². The topological polar surface area (TPSA) is 90.0 Å². The fourth-order valence-corrected chi connectivity index (χ4v) is 5.29. The fourth-order valence-electron chi connectivity index (χ4n) is 3.29. The molecule has 0 N–H and O–H groups in total. The summed E-state index contributed by atoms with van der Waals surface area (Å²) < 4.78 is 37.6. The number of benzene rings is 2. The smallest absolute Gasteiger partial charge is 0.347 e. The number of para-hydroxylation sites is 1. The predicted octanol–water partition coefficient (Wildman–Crippen LogP) is 2.56. The van der Waals surface area contributed by atoms with Gasteiger partial charge in [-0.2, -0.15) is 0 Å². The lowest BCUT2D eigenvalue weighted by atomic mass is 10.2. The van der Waals surface area contributed by atoms with E-state index in [1.165, 1.54) is 22.5 Å². The summed E-state index contributed by atoms with van der Waals surface area (Å²) in [6, 6.07) is 11.1. The van der Waals surface area contributed by atoms with E-state index in [4.69, 9.17) is 21.1 Å². The first-order valence-electron chi connectivity index (χ1n) is 8.66. The van der Waals surface area contributed by atoms with Crippen molar-refractivity contribution >= 4 is 39.3 Å². The lowest BCUT2D eigenvalue weighted by molar-refractivity contribution is -0.145. The monoisotopic (exact) mass is 421 g/mol. The van der Waals surface area contributed by atoms with E-state index < -0.39 is 28.1 Å². The van der Waals surface area contributed by atoms with Crippen LogP contribution in [0.15, 0.2) is 47.4 Å². The maximum absolute atomic E-state index is 13.2. The molecule has 2 aromatic rings. The van der Waals surface area contributed by atoms with Gasteiger partial charge in [0.2, 0.25) is 6.10 Å². The number of carbonyl (C=O) groups excluding carboxylic acids is 2. The second-order valence-corrected chi connectivity index (χ2v) is 8.69. The van der Waals surface area contributed by atoms with Gasteiger partial charge < -0.3 is 9.47 Å². The molecule has 0 radical (unpaired) electrons. The van der Waals surface area contributed by atoms with Crippen LogP contribution in [-0.4, -0.2) is 39.6 Å². The van der Waals surface area contributed by atoms with Gasteiger partial charge in [-0.15, -0.1) is 0 Å². The molecule has 2 heterocycles. The van der Waals surface area contributed by atoms with Gasteiger partial charge in [0, 0.05) is 13.0 Å². The minimum atomic E-state index is -3.97. The summed E-state index contributed by atoms with van der Waals surface area (Å²) in [5.74, 6) is -1.41. The Morgan fingerprint density at radius 2 is 2.00 bits per heavy atom. The van der Waals surface area contributed by atoms with E-state index in [9.17, 15) is 18.0 Å². The molecule has 0 aliphatic carbocycles. The quantitative estimate of drug-likeness (QED) is 0.705. The molecule has 28 heavy (non-hydrogen) atoms. The Kier molecular flexibility index (Phi) is 4.76. The van der Waals surface area contributed by atoms with Crippen molar-refractivity contribution in [3.05, 3.63) is 58.6 Å². The van der Waals surface area contributed by atoms with Gasteiger partial charge >= 0.3 is 11.9 Å². The van der Waals surface area contributed by atoms with Crippen molar-refractivity contribution in [2.45, 2.75) is 23.8 Å². The Labute approximate surface area is 166 Å². The lowest BCUT2D eigenvalue weighted by Gasteiger charge is -2.20. The summed E-state index contributed by atoms with van der Waals surface area (Å²) in [6.45, 7) is 0.478. The molecule has 0 unspecified atom stereocenters. The minimum absolute atomic E-state index is 0.00112. The van der Waals surface area contributed by atoms with Crippen LogP contribution in [0.5, 0.6) is 0 Å². The number of esters is 2. The molecule has 0 amide bonds. The van der Waals surface area contributed by atoms with E-state index in [0.29, 0.717) is 18.7 Å². The molecule has 1 saturated heterocycles. The molecule has 0 aromatic heterocycles. The molecule has 146 valence electrons. The standard InChI is InChI=1S/C19H16ClNO6S/c20-14-6-5-13(18(22)27-16-8-10-26-19(16)23)11-17(14)28(24,25)21-9-7-12-3-1-2-4-15(12)21/h1-6,11,16H,7-10H2/t16-/m1/s1. The highest BCUT2D eigenvalue weighted by Gasteiger charge is 2.34. The number of nitrogens with zero attached hydrogens (tertiary/aromatic N) is 1. The van der Waals surface area contributed by atoms with Gasteiger partial charge in [0.1, 0.15) is 4.90 Å². The van der Waals surface area contributed by atoms with Gasteiger partial charge in [0.05, 0.1) is 22.9 Å². The number of halogens is 1. The highest BCUT2D eigenvalue weighted by molar-refractivity contribution is 7.93. The van der Waals surface area contributed by atoms with E-state index in [1.54, 1.807) is 12.1 Å². The van der Waals surface area contributed by atoms with Crippen LogP contribution in [0, 0.1) is 0 Å². The van der Waals surface area contributed by atoms with E-state index in [2.05, 4.69) is 0 Å². The summed E-state index contributed by atoms with van der Waals surface area (Å²) in [5.41, 5.74) is 1.52. The molecule has 4 rings (SSSR count). The Morgan fingerprint density at radius 3 is 2.75 bits per heavy atom. The lowest BCUT2D eigenvalue weighted by Crippen LogP contribution is -2.29. The van der Waals surface area contributed by atoms with Crippen molar-refractivity contribution < 1.29 is 27.5 Å². The van der Waals surface area contributed by atoms with Crippen LogP contribution in [0.25, 0.3) is 0 Å². The Morgan fingerprint density at radius 1 is 1.21 bits per heavy atom. The molecule has 0 spiro atoms. The molecular formula is C19H16ClNO6S. The predicted molar refractivity (Wildman–Crippen MR) is 101 cm³/mol. The Balaban J connectivity index is 1.65. The number of hydrogen-bond acceptors (Lipinski definition) is 6. The summed E-state index contributed by atoms with van der Waals surface area (Å²) >= 11 is 6.15. The summed E-state index contributed by atoms with van der Waals surface area (Å²) in [7, 11) is -3.97. The average Bonchev–Trinajstić information content (AvgIpc) is 3.28. The van der Waals surface area contributed by atoms with Crippen LogP contribution < -0.4 is 4.31 Å². The molecule has 2 aliphatic heterocycles. The maximum Gasteiger partial charge on any atom is 0.347 e. The number of cyclic esters (lactones) is 1. The number of carbonyl (C=O) groups is 2. The van der Waals surface area contributed by atoms with Crippen LogP contribution >= 0.6 is 11.6 Å². The second-order valence-electron chi connectivity index (χ2n) is 6.45. The molecule has 2 aromatic carbocycles. The van der Waals surface area contributed by atoms with Gasteiger partial charge in [0.15, 0.2) is 0 Å². The van der Waals surface area contributed by atoms with E-state index in [1.807, 2.05) is 12.1 Å². The molecular weight excluding hydrogens is 406 g/mol. The van der Waals surface area contributed by atoms with Crippen molar-refractivity contribution in [1.82, 2.24) is 0 Å². The normalized spacial score (nSPS) is 18.7. The number of fused-ring (bicyclic) bond motifs is 1. The largest absolute Gasteiger partial charge is 0.463 e. The minimum Gasteiger partial charge on any atom is -0.463 e. The Bertz CT molecular complexity index is 1070. The SMILES string of the molecule is O=C(O[C@@H]1CCOC1=O)c1ccc(Cl)c(S(=O)(=O)N2CCc3ccccc32)c1. The molecule has 0 saturated carbocycles. The number of hydrogen-bond donors (Lipinski definition) is 0. The first-order chi connectivity index (χ1) is 13.4. The number of rotatable bonds is 4. The molecule has 7 nitrogen and oxygen atoms in total. The molecule has 0 bridgehead atoms. The molecule has 1 fully saturated rings. The Hall–Kier alpha value is -2.58. The second kappa shape index (κ2) is 7.10. The number of sulfonamides is 1. The molecule has 9 heteroatoms. The first-order valence-corrected chi connectivity index (χ1v) is 10.5. The van der Waals surface area contributed by atoms with Crippen molar-refractivity contribution in [3.8, 4) is 0 Å². The van der Waals surface area contributed by atoms with Gasteiger partial charge in [0.25, 0.3) is 10.0 Å². The maximum atomic E-state index is 13.2.